The second-order valence-corrected chi connectivity index (χ2v) is 5.58. The highest BCUT2D eigenvalue weighted by Crippen LogP contribution is 2.31. The molecule has 0 aliphatic heterocycles. The maximum atomic E-state index is 12.7. The van der Waals surface area contributed by atoms with Crippen LogP contribution in [0.25, 0.3) is 0 Å². The summed E-state index contributed by atoms with van der Waals surface area (Å²) in [6, 6.07) is 9.17. The van der Waals surface area contributed by atoms with Gasteiger partial charge < -0.3 is 10.6 Å². The molecule has 1 unspecified atom stereocenters. The lowest BCUT2D eigenvalue weighted by Gasteiger charge is -2.18. The zero-order valence-electron chi connectivity index (χ0n) is 13.2. The summed E-state index contributed by atoms with van der Waals surface area (Å²) in [4.78, 5) is 0. The summed E-state index contributed by atoms with van der Waals surface area (Å²) >= 11 is 0. The summed E-state index contributed by atoms with van der Waals surface area (Å²) in [6.45, 7) is 1.94. The van der Waals surface area contributed by atoms with Crippen LogP contribution in [0.15, 0.2) is 48.5 Å². The minimum absolute atomic E-state index is 0.234. The van der Waals surface area contributed by atoms with Crippen molar-refractivity contribution in [2.45, 2.75) is 25.3 Å². The monoisotopic (exact) mass is 362 g/mol. The minimum Gasteiger partial charge on any atom is -0.383 e. The molecule has 0 radical (unpaired) electrons. The van der Waals surface area contributed by atoms with E-state index >= 15 is 0 Å². The molecule has 0 aromatic heterocycles. The van der Waals surface area contributed by atoms with E-state index in [0.29, 0.717) is 0 Å². The molecule has 2 N–H and O–H groups in total. The van der Waals surface area contributed by atoms with Crippen molar-refractivity contribution in [3.63, 3.8) is 0 Å². The van der Waals surface area contributed by atoms with Gasteiger partial charge in [0.2, 0.25) is 0 Å². The summed E-state index contributed by atoms with van der Waals surface area (Å²) < 4.78 is 76.0. The van der Waals surface area contributed by atoms with Crippen LogP contribution in [0.1, 0.15) is 18.1 Å². The summed E-state index contributed by atoms with van der Waals surface area (Å²) in [6.07, 6.45) is -8.86. The van der Waals surface area contributed by atoms with Crippen molar-refractivity contribution in [3.8, 4) is 0 Å². The Bertz CT molecular complexity index is 709. The van der Waals surface area contributed by atoms with Crippen LogP contribution in [0.2, 0.25) is 0 Å². The molecule has 0 spiro atoms. The highest BCUT2D eigenvalue weighted by Gasteiger charge is 2.31. The van der Waals surface area contributed by atoms with Crippen LogP contribution in [0.3, 0.4) is 0 Å². The van der Waals surface area contributed by atoms with Gasteiger partial charge in [-0.25, -0.2) is 0 Å². The minimum atomic E-state index is -4.43. The predicted molar refractivity (Wildman–Crippen MR) is 84.5 cm³/mol. The molecular weight excluding hydrogens is 346 g/mol. The van der Waals surface area contributed by atoms with Gasteiger partial charge in [-0.1, -0.05) is 12.1 Å². The van der Waals surface area contributed by atoms with Crippen molar-refractivity contribution in [1.82, 2.24) is 0 Å². The number of anilines is 2. The number of hydrogen-bond donors (Lipinski definition) is 2. The first-order valence-electron chi connectivity index (χ1n) is 7.40. The van der Waals surface area contributed by atoms with Crippen LogP contribution >= 0.6 is 0 Å². The molecule has 2 aromatic carbocycles. The summed E-state index contributed by atoms with van der Waals surface area (Å²) in [5.74, 6) is 0. The molecule has 25 heavy (non-hydrogen) atoms. The first-order valence-corrected chi connectivity index (χ1v) is 7.40. The van der Waals surface area contributed by atoms with Gasteiger partial charge in [-0.05, 0) is 43.3 Å². The quantitative estimate of drug-likeness (QED) is 0.673. The van der Waals surface area contributed by atoms with E-state index < -0.39 is 23.5 Å². The van der Waals surface area contributed by atoms with Crippen LogP contribution in [0, 0.1) is 0 Å². The van der Waals surface area contributed by atoms with Crippen molar-refractivity contribution < 1.29 is 26.3 Å². The largest absolute Gasteiger partial charge is 0.416 e. The Hall–Kier alpha value is -2.38. The lowest BCUT2D eigenvalue weighted by molar-refractivity contribution is -0.138. The Morgan fingerprint density at radius 1 is 0.800 bits per heavy atom. The third-order valence-electron chi connectivity index (χ3n) is 3.41. The van der Waals surface area contributed by atoms with Gasteiger partial charge in [0.1, 0.15) is 0 Å². The molecule has 2 nitrogen and oxygen atoms in total. The van der Waals surface area contributed by atoms with Gasteiger partial charge in [-0.15, -0.1) is 0 Å². The number of nitrogens with one attached hydrogen (secondary N) is 2. The van der Waals surface area contributed by atoms with Crippen LogP contribution in [0.4, 0.5) is 37.7 Å². The highest BCUT2D eigenvalue weighted by atomic mass is 19.4. The maximum Gasteiger partial charge on any atom is 0.416 e. The molecule has 136 valence electrons. The van der Waals surface area contributed by atoms with Crippen molar-refractivity contribution in [2.24, 2.45) is 0 Å². The topological polar surface area (TPSA) is 24.1 Å². The number of halogens is 6. The molecule has 2 rings (SSSR count). The Balaban J connectivity index is 1.96. The fraction of sp³-hybridized carbons (Fsp3) is 0.294. The fourth-order valence-corrected chi connectivity index (χ4v) is 2.20. The van der Waals surface area contributed by atoms with Gasteiger partial charge >= 0.3 is 12.4 Å². The van der Waals surface area contributed by atoms with Crippen molar-refractivity contribution in [2.75, 3.05) is 17.2 Å². The predicted octanol–water partition coefficient (Wildman–Crippen LogP) is 5.64. The zero-order valence-corrected chi connectivity index (χ0v) is 13.2. The number of alkyl halides is 6. The molecule has 2 aromatic rings. The van der Waals surface area contributed by atoms with Gasteiger partial charge in [0.25, 0.3) is 0 Å². The first kappa shape index (κ1) is 19.0. The molecule has 1 atom stereocenters. The Labute approximate surface area is 140 Å². The van der Waals surface area contributed by atoms with E-state index in [2.05, 4.69) is 10.6 Å². The standard InChI is InChI=1S/C17H16F6N2/c1-11(25-15-7-3-5-13(9-15)17(21,22)23)10-24-14-6-2-4-12(8-14)16(18,19)20/h2-9,11,24-25H,10H2,1H3. The fourth-order valence-electron chi connectivity index (χ4n) is 2.20. The number of benzene rings is 2. The van der Waals surface area contributed by atoms with Crippen molar-refractivity contribution >= 4 is 11.4 Å². The molecule has 0 bridgehead atoms. The average Bonchev–Trinajstić information content (AvgIpc) is 2.52. The van der Waals surface area contributed by atoms with Crippen LogP contribution in [-0.2, 0) is 12.4 Å². The summed E-state index contributed by atoms with van der Waals surface area (Å²) in [7, 11) is 0. The Morgan fingerprint density at radius 2 is 1.28 bits per heavy atom. The molecule has 0 aliphatic carbocycles. The molecule has 8 heteroatoms. The summed E-state index contributed by atoms with van der Waals surface area (Å²) in [5.41, 5.74) is -0.966. The third-order valence-corrected chi connectivity index (χ3v) is 3.41. The second kappa shape index (κ2) is 7.25. The molecule has 0 saturated carbocycles. The van der Waals surface area contributed by atoms with Gasteiger partial charge in [0.15, 0.2) is 0 Å². The SMILES string of the molecule is CC(CNc1cccc(C(F)(F)F)c1)Nc1cccc(C(F)(F)F)c1. The van der Waals surface area contributed by atoms with Crippen molar-refractivity contribution in [1.29, 1.82) is 0 Å². The zero-order chi connectivity index (χ0) is 18.7. The van der Waals surface area contributed by atoms with Crippen LogP contribution < -0.4 is 10.6 Å². The van der Waals surface area contributed by atoms with Crippen LogP contribution in [-0.4, -0.2) is 12.6 Å². The van der Waals surface area contributed by atoms with E-state index in [1.807, 2.05) is 0 Å². The summed E-state index contributed by atoms with van der Waals surface area (Å²) in [5, 5.41) is 5.72. The maximum absolute atomic E-state index is 12.7. The first-order chi connectivity index (χ1) is 11.6. The van der Waals surface area contributed by atoms with Crippen LogP contribution in [0.5, 0.6) is 0 Å². The molecule has 0 saturated heterocycles. The van der Waals surface area contributed by atoms with Gasteiger partial charge in [-0.2, -0.15) is 26.3 Å². The number of hydrogen-bond acceptors (Lipinski definition) is 2. The molecule has 0 aliphatic rings. The van der Waals surface area contributed by atoms with E-state index in [1.54, 1.807) is 6.92 Å². The van der Waals surface area contributed by atoms with E-state index in [9.17, 15) is 26.3 Å². The van der Waals surface area contributed by atoms with E-state index in [1.165, 1.54) is 24.3 Å². The van der Waals surface area contributed by atoms with E-state index in [0.717, 1.165) is 24.3 Å². The van der Waals surface area contributed by atoms with Crippen molar-refractivity contribution in [3.05, 3.63) is 59.7 Å². The molecular formula is C17H16F6N2. The second-order valence-electron chi connectivity index (χ2n) is 5.58. The lowest BCUT2D eigenvalue weighted by Crippen LogP contribution is -2.25. The molecule has 0 amide bonds. The highest BCUT2D eigenvalue weighted by molar-refractivity contribution is 5.49. The lowest BCUT2D eigenvalue weighted by atomic mass is 10.1. The molecule has 0 heterocycles. The Kier molecular flexibility index (Phi) is 5.49. The molecule has 0 fully saturated rings. The van der Waals surface area contributed by atoms with Gasteiger partial charge in [0, 0.05) is 24.0 Å². The normalized spacial score (nSPS) is 13.4. The van der Waals surface area contributed by atoms with Gasteiger partial charge in [-0.3, -0.25) is 0 Å². The average molecular weight is 362 g/mol. The van der Waals surface area contributed by atoms with Gasteiger partial charge in [0.05, 0.1) is 11.1 Å². The number of rotatable bonds is 5. The Morgan fingerprint density at radius 3 is 1.80 bits per heavy atom. The smallest absolute Gasteiger partial charge is 0.383 e. The third kappa shape index (κ3) is 5.58. The van der Waals surface area contributed by atoms with E-state index in [4.69, 9.17) is 0 Å². The van der Waals surface area contributed by atoms with E-state index in [-0.39, 0.29) is 24.0 Å².